The van der Waals surface area contributed by atoms with Crippen LogP contribution in [0.15, 0.2) is 16.5 Å². The summed E-state index contributed by atoms with van der Waals surface area (Å²) in [5.41, 5.74) is 0. The van der Waals surface area contributed by atoms with Gasteiger partial charge in [0, 0.05) is 0 Å². The highest BCUT2D eigenvalue weighted by Gasteiger charge is 2.34. The van der Waals surface area contributed by atoms with E-state index in [-0.39, 0.29) is 19.5 Å². The first-order chi connectivity index (χ1) is 5.04. The molecule has 0 atom stereocenters. The van der Waals surface area contributed by atoms with Gasteiger partial charge in [-0.3, -0.25) is 4.79 Å². The Morgan fingerprint density at radius 3 is 2.17 bits per heavy atom. The summed E-state index contributed by atoms with van der Waals surface area (Å²) in [5.74, 6) is -1.48. The summed E-state index contributed by atoms with van der Waals surface area (Å²) in [5, 5.41) is 0. The van der Waals surface area contributed by atoms with E-state index in [2.05, 4.69) is 4.42 Å². The van der Waals surface area contributed by atoms with Gasteiger partial charge in [0.1, 0.15) is 0 Å². The van der Waals surface area contributed by atoms with Crippen molar-refractivity contribution in [1.82, 2.24) is 0 Å². The van der Waals surface area contributed by atoms with Crippen LogP contribution < -0.4 is 0 Å². The SMILES string of the molecule is C.O=Cc1ccc(C(F)(F)F)o1. The largest absolute Gasteiger partial charge is 0.449 e. The van der Waals surface area contributed by atoms with Gasteiger partial charge in [-0.05, 0) is 12.1 Å². The molecule has 1 heterocycles. The molecule has 2 nitrogen and oxygen atoms in total. The second-order valence-corrected chi connectivity index (χ2v) is 1.82. The molecule has 0 saturated heterocycles. The molecule has 1 aromatic heterocycles. The molecule has 1 rings (SSSR count). The Morgan fingerprint density at radius 2 is 1.92 bits per heavy atom. The van der Waals surface area contributed by atoms with Crippen molar-refractivity contribution in [1.29, 1.82) is 0 Å². The van der Waals surface area contributed by atoms with Crippen LogP contribution in [0.4, 0.5) is 13.2 Å². The van der Waals surface area contributed by atoms with E-state index in [1.165, 1.54) is 0 Å². The predicted octanol–water partition coefficient (Wildman–Crippen LogP) is 2.75. The molecule has 0 amide bonds. The third-order valence-electron chi connectivity index (χ3n) is 1.02. The van der Waals surface area contributed by atoms with Crippen molar-refractivity contribution in [3.8, 4) is 0 Å². The van der Waals surface area contributed by atoms with Crippen molar-refractivity contribution in [2.45, 2.75) is 13.6 Å². The van der Waals surface area contributed by atoms with E-state index in [9.17, 15) is 18.0 Å². The van der Waals surface area contributed by atoms with Crippen molar-refractivity contribution in [3.63, 3.8) is 0 Å². The fourth-order valence-electron chi connectivity index (χ4n) is 0.569. The van der Waals surface area contributed by atoms with Gasteiger partial charge in [-0.1, -0.05) is 7.43 Å². The number of hydrogen-bond acceptors (Lipinski definition) is 2. The van der Waals surface area contributed by atoms with E-state index in [0.717, 1.165) is 6.07 Å². The van der Waals surface area contributed by atoms with Gasteiger partial charge in [-0.15, -0.1) is 0 Å². The predicted molar refractivity (Wildman–Crippen MR) is 35.8 cm³/mol. The molecule has 1 aromatic rings. The molecule has 0 aliphatic carbocycles. The molecule has 0 aliphatic rings. The van der Waals surface area contributed by atoms with Crippen molar-refractivity contribution in [2.75, 3.05) is 0 Å². The Bertz CT molecular complexity index is 262. The number of hydrogen-bond donors (Lipinski definition) is 0. The van der Waals surface area contributed by atoms with E-state index in [1.54, 1.807) is 0 Å². The molecule has 0 fully saturated rings. The molecule has 0 aliphatic heterocycles. The monoisotopic (exact) mass is 180 g/mol. The van der Waals surface area contributed by atoms with Crippen LogP contribution in [0.1, 0.15) is 23.7 Å². The van der Waals surface area contributed by atoms with Crippen molar-refractivity contribution in [3.05, 3.63) is 23.7 Å². The quantitative estimate of drug-likeness (QED) is 0.622. The maximum Gasteiger partial charge on any atom is 0.449 e. The molecule has 0 spiro atoms. The van der Waals surface area contributed by atoms with Gasteiger partial charge < -0.3 is 4.42 Å². The Kier molecular flexibility index (Phi) is 3.06. The second kappa shape index (κ2) is 3.42. The first kappa shape index (κ1) is 10.7. The summed E-state index contributed by atoms with van der Waals surface area (Å²) < 4.78 is 39.3. The second-order valence-electron chi connectivity index (χ2n) is 1.82. The molecule has 0 bridgehead atoms. The third-order valence-corrected chi connectivity index (χ3v) is 1.02. The van der Waals surface area contributed by atoms with Gasteiger partial charge in [0.15, 0.2) is 12.0 Å². The maximum absolute atomic E-state index is 11.7. The molecule has 0 radical (unpaired) electrons. The summed E-state index contributed by atoms with van der Waals surface area (Å²) >= 11 is 0. The minimum Gasteiger partial charge on any atom is -0.449 e. The average Bonchev–Trinajstić information content (AvgIpc) is 2.32. The first-order valence-corrected chi connectivity index (χ1v) is 2.66. The highest BCUT2D eigenvalue weighted by molar-refractivity contribution is 5.70. The highest BCUT2D eigenvalue weighted by Crippen LogP contribution is 2.29. The van der Waals surface area contributed by atoms with Crippen LogP contribution >= 0.6 is 0 Å². The summed E-state index contributed by atoms with van der Waals surface area (Å²) in [6.45, 7) is 0. The Morgan fingerprint density at radius 1 is 1.33 bits per heavy atom. The maximum atomic E-state index is 11.7. The van der Waals surface area contributed by atoms with Crippen LogP contribution in [0.3, 0.4) is 0 Å². The van der Waals surface area contributed by atoms with E-state index < -0.39 is 11.9 Å². The lowest BCUT2D eigenvalue weighted by molar-refractivity contribution is -0.153. The fourth-order valence-corrected chi connectivity index (χ4v) is 0.569. The number of furan rings is 1. The fraction of sp³-hybridized carbons (Fsp3) is 0.286. The first-order valence-electron chi connectivity index (χ1n) is 2.66. The number of halogens is 3. The van der Waals surface area contributed by atoms with Gasteiger partial charge in [-0.25, -0.2) is 0 Å². The van der Waals surface area contributed by atoms with E-state index in [4.69, 9.17) is 0 Å². The van der Waals surface area contributed by atoms with Gasteiger partial charge in [0.25, 0.3) is 0 Å². The zero-order valence-electron chi connectivity index (χ0n) is 5.18. The summed E-state index contributed by atoms with van der Waals surface area (Å²) in [4.78, 5) is 9.89. The van der Waals surface area contributed by atoms with Crippen LogP contribution in [0.5, 0.6) is 0 Å². The molecule has 0 aromatic carbocycles. The minimum atomic E-state index is -4.51. The zero-order chi connectivity index (χ0) is 8.48. The standard InChI is InChI=1S/C6H3F3O2.CH4/c7-6(8,9)5-2-1-4(3-10)11-5;/h1-3H;1H4. The molecule has 0 unspecified atom stereocenters. The lowest BCUT2D eigenvalue weighted by atomic mass is 10.4. The number of carbonyl (C=O) groups is 1. The Labute approximate surface area is 67.0 Å². The Balaban J connectivity index is 0.00000121. The smallest absolute Gasteiger partial charge is 0.449 e. The van der Waals surface area contributed by atoms with Gasteiger partial charge in [0.2, 0.25) is 5.76 Å². The van der Waals surface area contributed by atoms with E-state index in [0.29, 0.717) is 6.07 Å². The van der Waals surface area contributed by atoms with Crippen molar-refractivity contribution in [2.24, 2.45) is 0 Å². The topological polar surface area (TPSA) is 30.2 Å². The van der Waals surface area contributed by atoms with Crippen molar-refractivity contribution < 1.29 is 22.4 Å². The van der Waals surface area contributed by atoms with Crippen LogP contribution in [0.25, 0.3) is 0 Å². The summed E-state index contributed by atoms with van der Waals surface area (Å²) in [6.07, 6.45) is -4.30. The van der Waals surface area contributed by atoms with E-state index in [1.807, 2.05) is 0 Å². The normalized spacial score (nSPS) is 10.6. The molecular formula is C7H7F3O2. The molecule has 0 saturated carbocycles. The zero-order valence-corrected chi connectivity index (χ0v) is 5.18. The lowest BCUT2D eigenvalue weighted by Gasteiger charge is -1.99. The third kappa shape index (κ3) is 2.11. The van der Waals surface area contributed by atoms with E-state index >= 15 is 0 Å². The number of alkyl halides is 3. The highest BCUT2D eigenvalue weighted by atomic mass is 19.4. The summed E-state index contributed by atoms with van der Waals surface area (Å²) in [6, 6.07) is 1.68. The van der Waals surface area contributed by atoms with Crippen molar-refractivity contribution >= 4 is 6.29 Å². The molecule has 68 valence electrons. The molecular weight excluding hydrogens is 173 g/mol. The summed E-state index contributed by atoms with van der Waals surface area (Å²) in [7, 11) is 0. The van der Waals surface area contributed by atoms with Crippen LogP contribution in [0, 0.1) is 0 Å². The molecule has 5 heteroatoms. The number of carbonyl (C=O) groups excluding carboxylic acids is 1. The van der Waals surface area contributed by atoms with Crippen LogP contribution in [0.2, 0.25) is 0 Å². The number of aldehydes is 1. The van der Waals surface area contributed by atoms with Gasteiger partial charge in [0.05, 0.1) is 0 Å². The lowest BCUT2D eigenvalue weighted by Crippen LogP contribution is -2.02. The molecule has 0 N–H and O–H groups in total. The Hall–Kier alpha value is -1.26. The van der Waals surface area contributed by atoms with Crippen LogP contribution in [-0.2, 0) is 6.18 Å². The number of rotatable bonds is 1. The average molecular weight is 180 g/mol. The van der Waals surface area contributed by atoms with Crippen LogP contribution in [-0.4, -0.2) is 6.29 Å². The minimum absolute atomic E-state index is 0. The molecule has 12 heavy (non-hydrogen) atoms. The van der Waals surface area contributed by atoms with Gasteiger partial charge >= 0.3 is 6.18 Å². The van der Waals surface area contributed by atoms with Gasteiger partial charge in [-0.2, -0.15) is 13.2 Å².